The number of thioether (sulfide) groups is 1. The molecule has 2 heteroatoms. The number of aryl methyl sites for hydroxylation is 1. The summed E-state index contributed by atoms with van der Waals surface area (Å²) in [6.07, 6.45) is 9.14. The Morgan fingerprint density at radius 1 is 1.21 bits per heavy atom. The normalized spacial score (nSPS) is 17.7. The Kier molecular flexibility index (Phi) is 5.99. The van der Waals surface area contributed by atoms with Crippen LogP contribution in [0, 0.1) is 6.92 Å². The van der Waals surface area contributed by atoms with Gasteiger partial charge in [0.25, 0.3) is 0 Å². The molecular formula is C17H25NS. The predicted octanol–water partition coefficient (Wildman–Crippen LogP) is 4.57. The first-order chi connectivity index (χ1) is 9.31. The lowest BCUT2D eigenvalue weighted by atomic mass is 10.0. The summed E-state index contributed by atoms with van der Waals surface area (Å²) in [5, 5.41) is 3.50. The number of allylic oxidation sites excluding steroid dienone is 1. The van der Waals surface area contributed by atoms with Crippen LogP contribution in [0.15, 0.2) is 40.8 Å². The molecule has 1 aliphatic rings. The molecule has 1 atom stereocenters. The van der Waals surface area contributed by atoms with Crippen molar-refractivity contribution in [3.8, 4) is 0 Å². The molecule has 1 aromatic rings. The largest absolute Gasteiger partial charge is 0.313 e. The van der Waals surface area contributed by atoms with Crippen molar-refractivity contribution in [1.29, 1.82) is 0 Å². The molecule has 0 amide bonds. The van der Waals surface area contributed by atoms with E-state index in [1.807, 2.05) is 11.8 Å². The maximum Gasteiger partial charge on any atom is 0.0371 e. The minimum Gasteiger partial charge on any atom is -0.313 e. The average molecular weight is 275 g/mol. The standard InChI is InChI=1S/C17H25NS/c1-14-9-7-8-12-17(14)19-13-16(18-2)15-10-5-3-4-6-11-15/h7-10,12,16,18H,3-6,11,13H2,1-2H3. The van der Waals surface area contributed by atoms with E-state index in [0.29, 0.717) is 6.04 Å². The van der Waals surface area contributed by atoms with Crippen molar-refractivity contribution in [3.05, 3.63) is 41.5 Å². The fraction of sp³-hybridized carbons (Fsp3) is 0.529. The van der Waals surface area contributed by atoms with Crippen LogP contribution < -0.4 is 5.32 Å². The highest BCUT2D eigenvalue weighted by atomic mass is 32.2. The predicted molar refractivity (Wildman–Crippen MR) is 85.9 cm³/mol. The zero-order valence-electron chi connectivity index (χ0n) is 12.1. The van der Waals surface area contributed by atoms with E-state index in [4.69, 9.17) is 0 Å². The van der Waals surface area contributed by atoms with Crippen molar-refractivity contribution in [2.45, 2.75) is 50.0 Å². The Morgan fingerprint density at radius 2 is 2.05 bits per heavy atom. The number of hydrogen-bond acceptors (Lipinski definition) is 2. The highest BCUT2D eigenvalue weighted by molar-refractivity contribution is 7.99. The average Bonchev–Trinajstić information content (AvgIpc) is 2.71. The zero-order valence-corrected chi connectivity index (χ0v) is 12.9. The van der Waals surface area contributed by atoms with Crippen molar-refractivity contribution in [2.24, 2.45) is 0 Å². The second-order valence-electron chi connectivity index (χ2n) is 5.30. The molecular weight excluding hydrogens is 250 g/mol. The van der Waals surface area contributed by atoms with Gasteiger partial charge in [-0.05, 0) is 51.3 Å². The van der Waals surface area contributed by atoms with E-state index < -0.39 is 0 Å². The molecule has 1 aliphatic carbocycles. The number of likely N-dealkylation sites (N-methyl/N-ethyl adjacent to an activating group) is 1. The van der Waals surface area contributed by atoms with Gasteiger partial charge in [0.05, 0.1) is 0 Å². The van der Waals surface area contributed by atoms with Crippen molar-refractivity contribution in [1.82, 2.24) is 5.32 Å². The third kappa shape index (κ3) is 4.39. The molecule has 2 rings (SSSR count). The Labute approximate surface area is 121 Å². The van der Waals surface area contributed by atoms with Gasteiger partial charge in [-0.15, -0.1) is 11.8 Å². The molecule has 0 fully saturated rings. The molecule has 1 nitrogen and oxygen atoms in total. The van der Waals surface area contributed by atoms with Crippen LogP contribution in [0.4, 0.5) is 0 Å². The van der Waals surface area contributed by atoms with Crippen molar-refractivity contribution < 1.29 is 0 Å². The summed E-state index contributed by atoms with van der Waals surface area (Å²) >= 11 is 1.98. The molecule has 0 heterocycles. The summed E-state index contributed by atoms with van der Waals surface area (Å²) in [4.78, 5) is 1.41. The second-order valence-corrected chi connectivity index (χ2v) is 6.36. The minimum atomic E-state index is 0.530. The Morgan fingerprint density at radius 3 is 2.84 bits per heavy atom. The third-order valence-electron chi connectivity index (χ3n) is 3.87. The summed E-state index contributed by atoms with van der Waals surface area (Å²) in [6.45, 7) is 2.20. The van der Waals surface area contributed by atoms with Gasteiger partial charge >= 0.3 is 0 Å². The summed E-state index contributed by atoms with van der Waals surface area (Å²) < 4.78 is 0. The molecule has 19 heavy (non-hydrogen) atoms. The summed E-state index contributed by atoms with van der Waals surface area (Å²) in [6, 6.07) is 9.20. The third-order valence-corrected chi connectivity index (χ3v) is 5.14. The van der Waals surface area contributed by atoms with Crippen LogP contribution in [0.2, 0.25) is 0 Å². The summed E-state index contributed by atoms with van der Waals surface area (Å²) in [5.74, 6) is 1.13. The quantitative estimate of drug-likeness (QED) is 0.624. The first-order valence-corrected chi connectivity index (χ1v) is 8.34. The van der Waals surface area contributed by atoms with Gasteiger partial charge < -0.3 is 5.32 Å². The monoisotopic (exact) mass is 275 g/mol. The zero-order chi connectivity index (χ0) is 13.5. The Hall–Kier alpha value is -0.730. The SMILES string of the molecule is CNC(CSc1ccccc1C)C1=CCCCCC1. The van der Waals surface area contributed by atoms with E-state index >= 15 is 0 Å². The molecule has 0 radical (unpaired) electrons. The van der Waals surface area contributed by atoms with Crippen LogP contribution in [0.1, 0.15) is 37.7 Å². The lowest BCUT2D eigenvalue weighted by Gasteiger charge is -2.19. The first kappa shape index (κ1) is 14.7. The van der Waals surface area contributed by atoms with Crippen LogP contribution in [-0.2, 0) is 0 Å². The van der Waals surface area contributed by atoms with Gasteiger partial charge in [-0.25, -0.2) is 0 Å². The lowest BCUT2D eigenvalue weighted by molar-refractivity contribution is 0.645. The summed E-state index contributed by atoms with van der Waals surface area (Å²) in [5.41, 5.74) is 3.01. The topological polar surface area (TPSA) is 12.0 Å². The van der Waals surface area contributed by atoms with Crippen LogP contribution in [0.5, 0.6) is 0 Å². The highest BCUT2D eigenvalue weighted by Crippen LogP contribution is 2.26. The highest BCUT2D eigenvalue weighted by Gasteiger charge is 2.14. The van der Waals surface area contributed by atoms with Gasteiger partial charge in [-0.3, -0.25) is 0 Å². The maximum atomic E-state index is 3.50. The number of nitrogens with one attached hydrogen (secondary N) is 1. The fourth-order valence-corrected chi connectivity index (χ4v) is 3.82. The first-order valence-electron chi connectivity index (χ1n) is 7.36. The molecule has 1 aromatic carbocycles. The van der Waals surface area contributed by atoms with E-state index in [1.54, 1.807) is 5.57 Å². The molecule has 0 bridgehead atoms. The number of hydrogen-bond donors (Lipinski definition) is 1. The van der Waals surface area contributed by atoms with Crippen LogP contribution in [-0.4, -0.2) is 18.8 Å². The van der Waals surface area contributed by atoms with E-state index in [2.05, 4.69) is 49.6 Å². The smallest absolute Gasteiger partial charge is 0.0371 e. The molecule has 1 N–H and O–H groups in total. The van der Waals surface area contributed by atoms with E-state index in [1.165, 1.54) is 42.6 Å². The van der Waals surface area contributed by atoms with E-state index in [-0.39, 0.29) is 0 Å². The van der Waals surface area contributed by atoms with Gasteiger partial charge in [-0.1, -0.05) is 36.3 Å². The molecule has 1 unspecified atom stereocenters. The summed E-state index contributed by atoms with van der Waals surface area (Å²) in [7, 11) is 2.09. The van der Waals surface area contributed by atoms with Crippen molar-refractivity contribution in [3.63, 3.8) is 0 Å². The van der Waals surface area contributed by atoms with Crippen molar-refractivity contribution in [2.75, 3.05) is 12.8 Å². The van der Waals surface area contributed by atoms with Crippen LogP contribution >= 0.6 is 11.8 Å². The molecule has 0 aromatic heterocycles. The Balaban J connectivity index is 1.95. The van der Waals surface area contributed by atoms with Gasteiger partial charge in [-0.2, -0.15) is 0 Å². The number of benzene rings is 1. The van der Waals surface area contributed by atoms with E-state index in [0.717, 1.165) is 5.75 Å². The second kappa shape index (κ2) is 7.76. The molecule has 0 saturated carbocycles. The van der Waals surface area contributed by atoms with Gasteiger partial charge in [0, 0.05) is 16.7 Å². The number of rotatable bonds is 5. The molecule has 104 valence electrons. The molecule has 0 spiro atoms. The van der Waals surface area contributed by atoms with Crippen molar-refractivity contribution >= 4 is 11.8 Å². The van der Waals surface area contributed by atoms with Gasteiger partial charge in [0.2, 0.25) is 0 Å². The lowest BCUT2D eigenvalue weighted by Crippen LogP contribution is -2.30. The minimum absolute atomic E-state index is 0.530. The van der Waals surface area contributed by atoms with E-state index in [9.17, 15) is 0 Å². The van der Waals surface area contributed by atoms with Gasteiger partial charge in [0.1, 0.15) is 0 Å². The molecule has 0 aliphatic heterocycles. The van der Waals surface area contributed by atoms with Crippen LogP contribution in [0.25, 0.3) is 0 Å². The molecule has 0 saturated heterocycles. The maximum absolute atomic E-state index is 3.50. The van der Waals surface area contributed by atoms with Crippen LogP contribution in [0.3, 0.4) is 0 Å². The van der Waals surface area contributed by atoms with Gasteiger partial charge in [0.15, 0.2) is 0 Å². The Bertz CT molecular complexity index is 425. The fourth-order valence-electron chi connectivity index (χ4n) is 2.62.